The van der Waals surface area contributed by atoms with E-state index in [0.717, 1.165) is 18.7 Å². The summed E-state index contributed by atoms with van der Waals surface area (Å²) in [7, 11) is -3.62. The van der Waals surface area contributed by atoms with Gasteiger partial charge in [-0.25, -0.2) is 8.42 Å². The van der Waals surface area contributed by atoms with Crippen molar-refractivity contribution >= 4 is 15.9 Å². The zero-order chi connectivity index (χ0) is 17.9. The molecule has 7 nitrogen and oxygen atoms in total. The molecule has 1 aromatic carbocycles. The predicted molar refractivity (Wildman–Crippen MR) is 94.1 cm³/mol. The van der Waals surface area contributed by atoms with Crippen molar-refractivity contribution in [1.29, 1.82) is 0 Å². The molecular formula is C17H25N3O4S. The summed E-state index contributed by atoms with van der Waals surface area (Å²) in [5.74, 6) is 0.225. The molecule has 2 fully saturated rings. The van der Waals surface area contributed by atoms with Gasteiger partial charge in [-0.2, -0.15) is 4.31 Å². The number of morpholine rings is 1. The number of hydrogen-bond donors (Lipinski definition) is 2. The zero-order valence-corrected chi connectivity index (χ0v) is 15.3. The van der Waals surface area contributed by atoms with Gasteiger partial charge in [-0.05, 0) is 24.1 Å². The van der Waals surface area contributed by atoms with Crippen molar-refractivity contribution in [3.8, 4) is 0 Å². The SMILES string of the molecule is CCc1ccc(C(=O)NCC2CNC2)cc1S(=O)(=O)N1CCOCC1. The van der Waals surface area contributed by atoms with Gasteiger partial charge >= 0.3 is 0 Å². The number of aryl methyl sites for hydroxylation is 1. The molecular weight excluding hydrogens is 342 g/mol. The van der Waals surface area contributed by atoms with E-state index >= 15 is 0 Å². The van der Waals surface area contributed by atoms with Gasteiger partial charge in [-0.15, -0.1) is 0 Å². The first-order chi connectivity index (χ1) is 12.0. The third kappa shape index (κ3) is 4.03. The molecule has 0 aromatic heterocycles. The fourth-order valence-electron chi connectivity index (χ4n) is 2.99. The van der Waals surface area contributed by atoms with Crippen molar-refractivity contribution in [3.63, 3.8) is 0 Å². The molecule has 0 spiro atoms. The third-order valence-electron chi connectivity index (χ3n) is 4.72. The van der Waals surface area contributed by atoms with E-state index in [1.165, 1.54) is 10.4 Å². The Morgan fingerprint density at radius 3 is 2.64 bits per heavy atom. The topological polar surface area (TPSA) is 87.7 Å². The van der Waals surface area contributed by atoms with Gasteiger partial charge in [-0.3, -0.25) is 4.79 Å². The maximum atomic E-state index is 13.0. The quantitative estimate of drug-likeness (QED) is 0.751. The molecule has 0 unspecified atom stereocenters. The molecule has 0 saturated carbocycles. The smallest absolute Gasteiger partial charge is 0.251 e. The lowest BCUT2D eigenvalue weighted by atomic mass is 10.0. The van der Waals surface area contributed by atoms with Crippen LogP contribution in [0.3, 0.4) is 0 Å². The zero-order valence-electron chi connectivity index (χ0n) is 14.5. The molecule has 2 heterocycles. The highest BCUT2D eigenvalue weighted by Crippen LogP contribution is 2.23. The monoisotopic (exact) mass is 367 g/mol. The number of sulfonamides is 1. The van der Waals surface area contributed by atoms with Crippen molar-refractivity contribution in [3.05, 3.63) is 29.3 Å². The molecule has 8 heteroatoms. The maximum absolute atomic E-state index is 13.0. The minimum Gasteiger partial charge on any atom is -0.379 e. The average Bonchev–Trinajstić information content (AvgIpc) is 2.60. The number of carbonyl (C=O) groups is 1. The number of rotatable bonds is 6. The van der Waals surface area contributed by atoms with E-state index in [-0.39, 0.29) is 10.8 Å². The van der Waals surface area contributed by atoms with Crippen LogP contribution in [0, 0.1) is 5.92 Å². The Morgan fingerprint density at radius 1 is 1.32 bits per heavy atom. The van der Waals surface area contributed by atoms with Crippen molar-refractivity contribution in [2.75, 3.05) is 45.9 Å². The van der Waals surface area contributed by atoms with E-state index in [0.29, 0.717) is 50.8 Å². The summed E-state index contributed by atoms with van der Waals surface area (Å²) in [6.07, 6.45) is 0.592. The molecule has 0 atom stereocenters. The lowest BCUT2D eigenvalue weighted by Gasteiger charge is -2.28. The average molecular weight is 367 g/mol. The third-order valence-corrected chi connectivity index (χ3v) is 6.70. The lowest BCUT2D eigenvalue weighted by molar-refractivity contribution is 0.0730. The Hall–Kier alpha value is -1.48. The van der Waals surface area contributed by atoms with Crippen LogP contribution < -0.4 is 10.6 Å². The number of benzene rings is 1. The second-order valence-corrected chi connectivity index (χ2v) is 8.33. The van der Waals surface area contributed by atoms with E-state index in [9.17, 15) is 13.2 Å². The number of hydrogen-bond acceptors (Lipinski definition) is 5. The molecule has 2 aliphatic heterocycles. The molecule has 2 N–H and O–H groups in total. The predicted octanol–water partition coefficient (Wildman–Crippen LogP) is 0.219. The Balaban J connectivity index is 1.82. The molecule has 0 aliphatic carbocycles. The summed E-state index contributed by atoms with van der Waals surface area (Å²) in [5.41, 5.74) is 1.11. The van der Waals surface area contributed by atoms with Crippen LogP contribution in [0.15, 0.2) is 23.1 Å². The molecule has 1 amide bonds. The second kappa shape index (κ2) is 7.82. The van der Waals surface area contributed by atoms with Crippen molar-refractivity contribution < 1.29 is 17.9 Å². The Bertz CT molecular complexity index is 725. The largest absolute Gasteiger partial charge is 0.379 e. The van der Waals surface area contributed by atoms with Gasteiger partial charge in [0.05, 0.1) is 18.1 Å². The minimum atomic E-state index is -3.62. The van der Waals surface area contributed by atoms with Crippen molar-refractivity contribution in [2.24, 2.45) is 5.92 Å². The summed E-state index contributed by atoms with van der Waals surface area (Å²) in [5, 5.41) is 6.05. The highest BCUT2D eigenvalue weighted by Gasteiger charge is 2.29. The summed E-state index contributed by atoms with van der Waals surface area (Å²) in [4.78, 5) is 12.6. The molecule has 2 aliphatic rings. The maximum Gasteiger partial charge on any atom is 0.251 e. The van der Waals surface area contributed by atoms with Gasteiger partial charge in [0.15, 0.2) is 0 Å². The number of ether oxygens (including phenoxy) is 1. The Kier molecular flexibility index (Phi) is 5.73. The Labute approximate surface area is 148 Å². The van der Waals surface area contributed by atoms with Crippen LogP contribution in [0.25, 0.3) is 0 Å². The first-order valence-electron chi connectivity index (χ1n) is 8.72. The normalized spacial score (nSPS) is 19.4. The number of nitrogens with one attached hydrogen (secondary N) is 2. The van der Waals surface area contributed by atoms with Crippen LogP contribution >= 0.6 is 0 Å². The van der Waals surface area contributed by atoms with Crippen molar-refractivity contribution in [2.45, 2.75) is 18.2 Å². The fourth-order valence-corrected chi connectivity index (χ4v) is 4.71. The van der Waals surface area contributed by atoms with Crippen LogP contribution in [0.2, 0.25) is 0 Å². The second-order valence-electron chi connectivity index (χ2n) is 6.43. The van der Waals surface area contributed by atoms with Crippen molar-refractivity contribution in [1.82, 2.24) is 14.9 Å². The Morgan fingerprint density at radius 2 is 2.04 bits per heavy atom. The van der Waals surface area contributed by atoms with Gasteiger partial charge in [0.2, 0.25) is 10.0 Å². The van der Waals surface area contributed by atoms with Crippen LogP contribution in [0.1, 0.15) is 22.8 Å². The molecule has 0 bridgehead atoms. The van der Waals surface area contributed by atoms with Gasteiger partial charge in [0.1, 0.15) is 0 Å². The van der Waals surface area contributed by atoms with E-state index in [2.05, 4.69) is 10.6 Å². The lowest BCUT2D eigenvalue weighted by Crippen LogP contribution is -2.48. The first-order valence-corrected chi connectivity index (χ1v) is 10.2. The standard InChI is InChI=1S/C17H25N3O4S/c1-2-14-3-4-15(17(21)19-12-13-10-18-11-13)9-16(14)25(22,23)20-5-7-24-8-6-20/h3-4,9,13,18H,2,5-8,10-12H2,1H3,(H,19,21). The first kappa shape index (κ1) is 18.3. The molecule has 0 radical (unpaired) electrons. The number of nitrogens with zero attached hydrogens (tertiary/aromatic N) is 1. The molecule has 1 aromatic rings. The van der Waals surface area contributed by atoms with Crippen LogP contribution in [0.4, 0.5) is 0 Å². The van der Waals surface area contributed by atoms with Gasteiger partial charge in [0, 0.05) is 44.2 Å². The fraction of sp³-hybridized carbons (Fsp3) is 0.588. The van der Waals surface area contributed by atoms with E-state index in [4.69, 9.17) is 4.74 Å². The van der Waals surface area contributed by atoms with Gasteiger partial charge in [0.25, 0.3) is 5.91 Å². The number of carbonyl (C=O) groups excluding carboxylic acids is 1. The van der Waals surface area contributed by atoms with Crippen LogP contribution in [0.5, 0.6) is 0 Å². The summed E-state index contributed by atoms with van der Waals surface area (Å²) in [6.45, 7) is 5.82. The van der Waals surface area contributed by atoms with Gasteiger partial charge < -0.3 is 15.4 Å². The van der Waals surface area contributed by atoms with Crippen LogP contribution in [-0.2, 0) is 21.2 Å². The number of amides is 1. The minimum absolute atomic E-state index is 0.229. The van der Waals surface area contributed by atoms with E-state index in [1.54, 1.807) is 12.1 Å². The summed E-state index contributed by atoms with van der Waals surface area (Å²) < 4.78 is 32.7. The van der Waals surface area contributed by atoms with Gasteiger partial charge in [-0.1, -0.05) is 13.0 Å². The molecule has 138 valence electrons. The summed E-state index contributed by atoms with van der Waals surface area (Å²) >= 11 is 0. The summed E-state index contributed by atoms with van der Waals surface area (Å²) in [6, 6.07) is 4.96. The molecule has 25 heavy (non-hydrogen) atoms. The van der Waals surface area contributed by atoms with E-state index in [1.807, 2.05) is 6.92 Å². The van der Waals surface area contributed by atoms with E-state index < -0.39 is 10.0 Å². The molecule has 2 saturated heterocycles. The molecule has 3 rings (SSSR count). The van der Waals surface area contributed by atoms with Crippen LogP contribution in [-0.4, -0.2) is 64.6 Å². The highest BCUT2D eigenvalue weighted by molar-refractivity contribution is 7.89. The highest BCUT2D eigenvalue weighted by atomic mass is 32.2.